The van der Waals surface area contributed by atoms with Gasteiger partial charge < -0.3 is 4.90 Å². The van der Waals surface area contributed by atoms with Crippen LogP contribution in [0.15, 0.2) is 38.9 Å². The van der Waals surface area contributed by atoms with Crippen LogP contribution in [0.3, 0.4) is 0 Å². The van der Waals surface area contributed by atoms with Crippen molar-refractivity contribution in [2.45, 2.75) is 29.0 Å². The summed E-state index contributed by atoms with van der Waals surface area (Å²) < 4.78 is 26.6. The minimum absolute atomic E-state index is 0.0320. The Bertz CT molecular complexity index is 915. The lowest BCUT2D eigenvalue weighted by atomic mass is 9.98. The molecule has 0 unspecified atom stereocenters. The van der Waals surface area contributed by atoms with E-state index in [0.29, 0.717) is 11.5 Å². The van der Waals surface area contributed by atoms with Crippen LogP contribution in [0.25, 0.3) is 0 Å². The van der Waals surface area contributed by atoms with Gasteiger partial charge in [-0.2, -0.15) is 0 Å². The number of thioether (sulfide) groups is 1. The molecule has 152 valence electrons. The van der Waals surface area contributed by atoms with Gasteiger partial charge in [0, 0.05) is 49.6 Å². The molecule has 0 spiro atoms. The van der Waals surface area contributed by atoms with Gasteiger partial charge in [0.1, 0.15) is 4.34 Å². The summed E-state index contributed by atoms with van der Waals surface area (Å²) in [6.07, 6.45) is 1.96. The van der Waals surface area contributed by atoms with E-state index < -0.39 is 10.0 Å². The highest BCUT2D eigenvalue weighted by Gasteiger charge is 2.25. The molecule has 0 aliphatic carbocycles. The first-order valence-corrected chi connectivity index (χ1v) is 12.4. The molecule has 0 atom stereocenters. The van der Waals surface area contributed by atoms with Crippen molar-refractivity contribution in [3.8, 4) is 0 Å². The standard InChI is InChI=1S/C19H25N3O3S3/c1-14-12-26-19(20-14)27-13-15-8-10-22(11-9-15)18(23)16-4-6-17(7-5-16)28(24,25)21(2)3/h4-7,12,15H,8-11,13H2,1-3H3. The first-order chi connectivity index (χ1) is 13.3. The zero-order valence-corrected chi connectivity index (χ0v) is 18.7. The highest BCUT2D eigenvalue weighted by Crippen LogP contribution is 2.29. The molecule has 0 saturated carbocycles. The molecule has 0 bridgehead atoms. The van der Waals surface area contributed by atoms with Crippen LogP contribution in [-0.2, 0) is 10.0 Å². The van der Waals surface area contributed by atoms with Gasteiger partial charge in [-0.1, -0.05) is 11.8 Å². The van der Waals surface area contributed by atoms with Crippen molar-refractivity contribution in [3.63, 3.8) is 0 Å². The topological polar surface area (TPSA) is 70.6 Å². The summed E-state index contributed by atoms with van der Waals surface area (Å²) in [5.41, 5.74) is 1.60. The van der Waals surface area contributed by atoms with Crippen LogP contribution >= 0.6 is 23.1 Å². The summed E-state index contributed by atoms with van der Waals surface area (Å²) in [5, 5.41) is 2.07. The molecular formula is C19H25N3O3S3. The van der Waals surface area contributed by atoms with Crippen LogP contribution in [0.4, 0.5) is 0 Å². The number of aromatic nitrogens is 1. The number of hydrogen-bond donors (Lipinski definition) is 0. The lowest BCUT2D eigenvalue weighted by Crippen LogP contribution is -2.39. The molecule has 0 N–H and O–H groups in total. The van der Waals surface area contributed by atoms with Crippen molar-refractivity contribution in [1.29, 1.82) is 0 Å². The van der Waals surface area contributed by atoms with Crippen molar-refractivity contribution in [3.05, 3.63) is 40.9 Å². The lowest BCUT2D eigenvalue weighted by molar-refractivity contribution is 0.0698. The van der Waals surface area contributed by atoms with Crippen LogP contribution in [0.1, 0.15) is 28.9 Å². The number of piperidine rings is 1. The Balaban J connectivity index is 1.53. The SMILES string of the molecule is Cc1csc(SCC2CCN(C(=O)c3ccc(S(=O)(=O)N(C)C)cc3)CC2)n1. The molecule has 3 rings (SSSR count). The van der Waals surface area contributed by atoms with Crippen LogP contribution in [0.2, 0.25) is 0 Å². The largest absolute Gasteiger partial charge is 0.339 e. The molecule has 1 aromatic heterocycles. The highest BCUT2D eigenvalue weighted by molar-refractivity contribution is 8.01. The second kappa shape index (κ2) is 8.94. The summed E-state index contributed by atoms with van der Waals surface area (Å²) in [7, 11) is -0.492. The van der Waals surface area contributed by atoms with Gasteiger partial charge >= 0.3 is 0 Å². The molecule has 1 amide bonds. The van der Waals surface area contributed by atoms with Gasteiger partial charge in [-0.05, 0) is 49.9 Å². The number of carbonyl (C=O) groups excluding carboxylic acids is 1. The van der Waals surface area contributed by atoms with E-state index in [4.69, 9.17) is 0 Å². The van der Waals surface area contributed by atoms with Crippen molar-refractivity contribution in [2.75, 3.05) is 32.9 Å². The van der Waals surface area contributed by atoms with Crippen LogP contribution in [-0.4, -0.2) is 61.5 Å². The molecule has 28 heavy (non-hydrogen) atoms. The molecule has 2 heterocycles. The van der Waals surface area contributed by atoms with Gasteiger partial charge in [0.15, 0.2) is 0 Å². The van der Waals surface area contributed by atoms with E-state index >= 15 is 0 Å². The third kappa shape index (κ3) is 4.94. The molecule has 1 saturated heterocycles. The van der Waals surface area contributed by atoms with E-state index in [1.165, 1.54) is 30.5 Å². The lowest BCUT2D eigenvalue weighted by Gasteiger charge is -2.31. The number of sulfonamides is 1. The van der Waals surface area contributed by atoms with Gasteiger partial charge in [-0.3, -0.25) is 4.79 Å². The first kappa shape index (κ1) is 21.3. The van der Waals surface area contributed by atoms with Crippen LogP contribution in [0.5, 0.6) is 0 Å². The zero-order valence-electron chi connectivity index (χ0n) is 16.3. The van der Waals surface area contributed by atoms with E-state index in [1.54, 1.807) is 35.2 Å². The number of likely N-dealkylation sites (tertiary alicyclic amines) is 1. The predicted molar refractivity (Wildman–Crippen MR) is 114 cm³/mol. The Morgan fingerprint density at radius 1 is 1.25 bits per heavy atom. The molecular weight excluding hydrogens is 414 g/mol. The monoisotopic (exact) mass is 439 g/mol. The van der Waals surface area contributed by atoms with Gasteiger partial charge in [0.2, 0.25) is 10.0 Å². The second-order valence-electron chi connectivity index (χ2n) is 7.11. The van der Waals surface area contributed by atoms with Gasteiger partial charge in [-0.25, -0.2) is 17.7 Å². The molecule has 1 fully saturated rings. The molecule has 2 aromatic rings. The first-order valence-electron chi connectivity index (χ1n) is 9.14. The minimum Gasteiger partial charge on any atom is -0.339 e. The minimum atomic E-state index is -3.48. The fourth-order valence-corrected chi connectivity index (χ4v) is 6.02. The Hall–Kier alpha value is -1.42. The van der Waals surface area contributed by atoms with Crippen molar-refractivity contribution in [1.82, 2.24) is 14.2 Å². The number of carbonyl (C=O) groups is 1. The van der Waals surface area contributed by atoms with Gasteiger partial charge in [0.25, 0.3) is 5.91 Å². The fourth-order valence-electron chi connectivity index (χ4n) is 3.05. The van der Waals surface area contributed by atoms with Crippen molar-refractivity contribution >= 4 is 39.0 Å². The molecule has 9 heteroatoms. The molecule has 1 aliphatic rings. The van der Waals surface area contributed by atoms with Gasteiger partial charge in [-0.15, -0.1) is 11.3 Å². The Kier molecular flexibility index (Phi) is 6.80. The number of thiazole rings is 1. The normalized spacial score (nSPS) is 15.9. The summed E-state index contributed by atoms with van der Waals surface area (Å²) in [6.45, 7) is 3.48. The highest BCUT2D eigenvalue weighted by atomic mass is 32.2. The Labute approximate surface area is 175 Å². The van der Waals surface area contributed by atoms with E-state index in [1.807, 2.05) is 11.8 Å². The average Bonchev–Trinajstić information content (AvgIpc) is 3.11. The number of amides is 1. The third-order valence-corrected chi connectivity index (χ3v) is 9.02. The molecule has 6 nitrogen and oxygen atoms in total. The van der Waals surface area contributed by atoms with E-state index in [0.717, 1.165) is 41.7 Å². The van der Waals surface area contributed by atoms with Gasteiger partial charge in [0.05, 0.1) is 4.90 Å². The molecule has 1 aromatic carbocycles. The summed E-state index contributed by atoms with van der Waals surface area (Å²) in [6, 6.07) is 6.21. The van der Waals surface area contributed by atoms with Crippen LogP contribution < -0.4 is 0 Å². The summed E-state index contributed by atoms with van der Waals surface area (Å²) in [4.78, 5) is 19.3. The smallest absolute Gasteiger partial charge is 0.253 e. The van der Waals surface area contributed by atoms with Crippen molar-refractivity contribution < 1.29 is 13.2 Å². The number of hydrogen-bond acceptors (Lipinski definition) is 6. The van der Waals surface area contributed by atoms with E-state index in [2.05, 4.69) is 10.4 Å². The Morgan fingerprint density at radius 3 is 2.43 bits per heavy atom. The van der Waals surface area contributed by atoms with E-state index in [9.17, 15) is 13.2 Å². The zero-order chi connectivity index (χ0) is 20.3. The maximum atomic E-state index is 12.7. The fraction of sp³-hybridized carbons (Fsp3) is 0.474. The number of aryl methyl sites for hydroxylation is 1. The maximum absolute atomic E-state index is 12.7. The average molecular weight is 440 g/mol. The summed E-state index contributed by atoms with van der Waals surface area (Å²) in [5.74, 6) is 1.59. The number of nitrogens with zero attached hydrogens (tertiary/aromatic N) is 3. The second-order valence-corrected chi connectivity index (χ2v) is 11.4. The number of benzene rings is 1. The quantitative estimate of drug-likeness (QED) is 0.646. The Morgan fingerprint density at radius 2 is 1.89 bits per heavy atom. The third-order valence-electron chi connectivity index (χ3n) is 4.82. The maximum Gasteiger partial charge on any atom is 0.253 e. The molecule has 1 aliphatic heterocycles. The summed E-state index contributed by atoms with van der Waals surface area (Å²) >= 11 is 3.49. The molecule has 0 radical (unpaired) electrons. The van der Waals surface area contributed by atoms with Crippen LogP contribution in [0, 0.1) is 12.8 Å². The number of rotatable bonds is 6. The van der Waals surface area contributed by atoms with E-state index in [-0.39, 0.29) is 10.8 Å². The predicted octanol–water partition coefficient (Wildman–Crippen LogP) is 3.35. The van der Waals surface area contributed by atoms with Crippen molar-refractivity contribution in [2.24, 2.45) is 5.92 Å².